The molecule has 1 N–H and O–H groups in total. The Kier molecular flexibility index (Phi) is 4.55. The highest BCUT2D eigenvalue weighted by Crippen LogP contribution is 2.21. The zero-order valence-electron chi connectivity index (χ0n) is 11.5. The van der Waals surface area contributed by atoms with Crippen LogP contribution in [0, 0.1) is 0 Å². The quantitative estimate of drug-likeness (QED) is 0.800. The molecule has 2 rings (SSSR count). The summed E-state index contributed by atoms with van der Waals surface area (Å²) in [7, 11) is 1.36. The molecule has 0 aromatic carbocycles. The Morgan fingerprint density at radius 1 is 1.63 bits per heavy atom. The summed E-state index contributed by atoms with van der Waals surface area (Å²) in [6.45, 7) is 4.24. The first-order valence-electron chi connectivity index (χ1n) is 6.67. The van der Waals surface area contributed by atoms with Gasteiger partial charge in [0, 0.05) is 24.8 Å². The average molecular weight is 267 g/mol. The van der Waals surface area contributed by atoms with Crippen LogP contribution in [-0.4, -0.2) is 51.6 Å². The van der Waals surface area contributed by atoms with Crippen LogP contribution in [0.5, 0.6) is 0 Å². The van der Waals surface area contributed by atoms with E-state index >= 15 is 0 Å². The summed E-state index contributed by atoms with van der Waals surface area (Å²) in [6.07, 6.45) is 4.65. The Morgan fingerprint density at radius 3 is 3.05 bits per heavy atom. The maximum absolute atomic E-state index is 11.8. The highest BCUT2D eigenvalue weighted by molar-refractivity contribution is 5.76. The van der Waals surface area contributed by atoms with Gasteiger partial charge in [-0.15, -0.1) is 0 Å². The lowest BCUT2D eigenvalue weighted by molar-refractivity contribution is -0.154. The van der Waals surface area contributed by atoms with Gasteiger partial charge in [-0.25, -0.2) is 0 Å². The molecular weight excluding hydrogens is 246 g/mol. The summed E-state index contributed by atoms with van der Waals surface area (Å²) >= 11 is 0. The van der Waals surface area contributed by atoms with E-state index in [9.17, 15) is 9.90 Å². The van der Waals surface area contributed by atoms with Gasteiger partial charge in [0.15, 0.2) is 0 Å². The summed E-state index contributed by atoms with van der Waals surface area (Å²) in [4.78, 5) is 13.8. The van der Waals surface area contributed by atoms with Crippen LogP contribution >= 0.6 is 0 Å². The molecule has 0 aliphatic carbocycles. The fourth-order valence-electron chi connectivity index (χ4n) is 2.54. The summed E-state index contributed by atoms with van der Waals surface area (Å²) in [6, 6.07) is -0.566. The van der Waals surface area contributed by atoms with Crippen molar-refractivity contribution in [3.63, 3.8) is 0 Å². The highest BCUT2D eigenvalue weighted by atomic mass is 16.5. The number of aliphatic hydroxyl groups excluding tert-OH is 1. The number of nitrogens with zero attached hydrogens (tertiary/aromatic N) is 3. The van der Waals surface area contributed by atoms with Crippen molar-refractivity contribution in [2.45, 2.75) is 45.0 Å². The Labute approximate surface area is 113 Å². The number of rotatable bonds is 4. The Morgan fingerprint density at radius 2 is 2.42 bits per heavy atom. The van der Waals surface area contributed by atoms with E-state index in [0.717, 1.165) is 25.1 Å². The molecule has 1 aliphatic heterocycles. The van der Waals surface area contributed by atoms with Crippen LogP contribution in [-0.2, 0) is 22.6 Å². The zero-order chi connectivity index (χ0) is 13.8. The molecule has 1 fully saturated rings. The van der Waals surface area contributed by atoms with Gasteiger partial charge < -0.3 is 9.84 Å². The number of carbonyl (C=O) groups excluding carboxylic acids is 1. The Bertz CT molecular complexity index is 433. The average Bonchev–Trinajstić information content (AvgIpc) is 2.86. The molecule has 6 nitrogen and oxygen atoms in total. The van der Waals surface area contributed by atoms with Gasteiger partial charge in [-0.3, -0.25) is 14.4 Å². The molecule has 106 valence electrons. The van der Waals surface area contributed by atoms with Crippen LogP contribution in [0.3, 0.4) is 0 Å². The zero-order valence-corrected chi connectivity index (χ0v) is 11.5. The van der Waals surface area contributed by atoms with Crippen molar-refractivity contribution in [2.75, 3.05) is 13.7 Å². The number of hydrogen-bond acceptors (Lipinski definition) is 5. The number of piperidine rings is 1. The molecule has 0 spiro atoms. The molecule has 0 unspecified atom stereocenters. The number of hydrogen-bond donors (Lipinski definition) is 1. The van der Waals surface area contributed by atoms with E-state index < -0.39 is 12.1 Å². The minimum atomic E-state index is -0.651. The van der Waals surface area contributed by atoms with E-state index in [-0.39, 0.29) is 5.97 Å². The van der Waals surface area contributed by atoms with Gasteiger partial charge in [0.25, 0.3) is 0 Å². The lowest BCUT2D eigenvalue weighted by Crippen LogP contribution is -2.52. The van der Waals surface area contributed by atoms with Crippen molar-refractivity contribution >= 4 is 5.97 Å². The molecule has 0 radical (unpaired) electrons. The van der Waals surface area contributed by atoms with Crippen LogP contribution in [0.25, 0.3) is 0 Å². The number of esters is 1. The van der Waals surface area contributed by atoms with Crippen LogP contribution in [0.1, 0.15) is 25.3 Å². The Hall–Kier alpha value is -1.40. The highest BCUT2D eigenvalue weighted by Gasteiger charge is 2.36. The molecule has 2 heterocycles. The fourth-order valence-corrected chi connectivity index (χ4v) is 2.54. The van der Waals surface area contributed by atoms with Crippen LogP contribution in [0.2, 0.25) is 0 Å². The third-order valence-corrected chi connectivity index (χ3v) is 3.54. The minimum absolute atomic E-state index is 0.366. The summed E-state index contributed by atoms with van der Waals surface area (Å²) in [5.74, 6) is -0.366. The van der Waals surface area contributed by atoms with Crippen LogP contribution in [0.15, 0.2) is 12.4 Å². The molecule has 6 heteroatoms. The van der Waals surface area contributed by atoms with Gasteiger partial charge in [0.1, 0.15) is 6.04 Å². The first-order valence-corrected chi connectivity index (χ1v) is 6.67. The minimum Gasteiger partial charge on any atom is -0.468 e. The number of ether oxygens (including phenoxy) is 1. The molecular formula is C13H21N3O3. The lowest BCUT2D eigenvalue weighted by atomic mass is 9.98. The van der Waals surface area contributed by atoms with Crippen molar-refractivity contribution in [1.82, 2.24) is 14.7 Å². The third-order valence-electron chi connectivity index (χ3n) is 3.54. The van der Waals surface area contributed by atoms with E-state index in [2.05, 4.69) is 5.10 Å². The summed E-state index contributed by atoms with van der Waals surface area (Å²) in [5, 5.41) is 14.2. The van der Waals surface area contributed by atoms with E-state index in [1.54, 1.807) is 6.20 Å². The molecule has 1 aromatic heterocycles. The second-order valence-corrected chi connectivity index (χ2v) is 4.85. The van der Waals surface area contributed by atoms with Gasteiger partial charge in [0.05, 0.1) is 19.4 Å². The third kappa shape index (κ3) is 3.13. The molecule has 1 saturated heterocycles. The number of carbonyl (C=O) groups is 1. The smallest absolute Gasteiger partial charge is 0.325 e. The van der Waals surface area contributed by atoms with Crippen molar-refractivity contribution in [3.05, 3.63) is 18.0 Å². The molecule has 0 amide bonds. The monoisotopic (exact) mass is 267 g/mol. The lowest BCUT2D eigenvalue weighted by Gasteiger charge is -2.36. The largest absolute Gasteiger partial charge is 0.468 e. The maximum atomic E-state index is 11.8. The standard InChI is InChI=1S/C13H21N3O3/c1-3-16-9-10(7-14-16)8-15-6-4-5-11(17)12(15)13(18)19-2/h7,9,11-12,17H,3-6,8H2,1-2H3/t11-,12+/m0/s1. The normalized spacial score (nSPS) is 24.4. The molecule has 19 heavy (non-hydrogen) atoms. The number of aryl methyl sites for hydroxylation is 1. The number of aliphatic hydroxyl groups is 1. The predicted molar refractivity (Wildman–Crippen MR) is 69.4 cm³/mol. The topological polar surface area (TPSA) is 67.6 Å². The van der Waals surface area contributed by atoms with Crippen molar-refractivity contribution in [2.24, 2.45) is 0 Å². The first-order chi connectivity index (χ1) is 9.15. The fraction of sp³-hybridized carbons (Fsp3) is 0.692. The maximum Gasteiger partial charge on any atom is 0.325 e. The van der Waals surface area contributed by atoms with Gasteiger partial charge in [-0.05, 0) is 26.3 Å². The van der Waals surface area contributed by atoms with Crippen molar-refractivity contribution in [1.29, 1.82) is 0 Å². The molecule has 2 atom stereocenters. The van der Waals surface area contributed by atoms with Crippen LogP contribution < -0.4 is 0 Å². The van der Waals surface area contributed by atoms with Crippen molar-refractivity contribution in [3.8, 4) is 0 Å². The Balaban J connectivity index is 2.09. The first kappa shape index (κ1) is 14.0. The SMILES string of the molecule is CCn1cc(CN2CCC[C@H](O)[C@@H]2C(=O)OC)cn1. The predicted octanol–water partition coefficient (Wildman–Crippen LogP) is 0.401. The van der Waals surface area contributed by atoms with E-state index in [1.165, 1.54) is 7.11 Å². The van der Waals surface area contributed by atoms with Gasteiger partial charge in [-0.1, -0.05) is 0 Å². The van der Waals surface area contributed by atoms with E-state index in [0.29, 0.717) is 13.0 Å². The number of likely N-dealkylation sites (tertiary alicyclic amines) is 1. The van der Waals surface area contributed by atoms with Gasteiger partial charge in [0.2, 0.25) is 0 Å². The molecule has 1 aromatic rings. The molecule has 0 bridgehead atoms. The number of aromatic nitrogens is 2. The second kappa shape index (κ2) is 6.16. The second-order valence-electron chi connectivity index (χ2n) is 4.85. The van der Waals surface area contributed by atoms with Crippen molar-refractivity contribution < 1.29 is 14.6 Å². The molecule has 1 aliphatic rings. The van der Waals surface area contributed by atoms with Gasteiger partial charge >= 0.3 is 5.97 Å². The summed E-state index contributed by atoms with van der Waals surface area (Å²) in [5.41, 5.74) is 1.05. The van der Waals surface area contributed by atoms with E-state index in [1.807, 2.05) is 22.7 Å². The van der Waals surface area contributed by atoms with E-state index in [4.69, 9.17) is 4.74 Å². The molecule has 0 saturated carbocycles. The van der Waals surface area contributed by atoms with Gasteiger partial charge in [-0.2, -0.15) is 5.10 Å². The van der Waals surface area contributed by atoms with Crippen LogP contribution in [0.4, 0.5) is 0 Å². The number of methoxy groups -OCH3 is 1. The summed E-state index contributed by atoms with van der Waals surface area (Å²) < 4.78 is 6.64.